The first-order valence-electron chi connectivity index (χ1n) is 7.45. The highest BCUT2D eigenvalue weighted by molar-refractivity contribution is 6.30. The predicted molar refractivity (Wildman–Crippen MR) is 95.2 cm³/mol. The lowest BCUT2D eigenvalue weighted by atomic mass is 9.87. The maximum absolute atomic E-state index is 12.3. The van der Waals surface area contributed by atoms with Gasteiger partial charge >= 0.3 is 0 Å². The number of nitrogens with one attached hydrogen (secondary N) is 2. The van der Waals surface area contributed by atoms with Gasteiger partial charge in [0.1, 0.15) is 11.6 Å². The average molecular weight is 337 g/mol. The molecule has 0 heterocycles. The Morgan fingerprint density at radius 2 is 1.70 bits per heavy atom. The van der Waals surface area contributed by atoms with E-state index in [4.69, 9.17) is 21.7 Å². The van der Waals surface area contributed by atoms with Gasteiger partial charge < -0.3 is 10.1 Å². The molecule has 126 valence electrons. The fourth-order valence-electron chi connectivity index (χ4n) is 1.59. The molecule has 0 saturated heterocycles. The normalized spacial score (nSPS) is 12.7. The Morgan fingerprint density at radius 3 is 2.17 bits per heavy atom. The van der Waals surface area contributed by atoms with Crippen molar-refractivity contribution in [1.82, 2.24) is 5.32 Å². The number of hydrogen-bond donors (Lipinski definition) is 2. The second-order valence-electron chi connectivity index (χ2n) is 7.01. The van der Waals surface area contributed by atoms with Gasteiger partial charge in [0.15, 0.2) is 5.60 Å². The number of amidine groups is 1. The molecule has 0 aliphatic rings. The van der Waals surface area contributed by atoms with Crippen LogP contribution in [0.3, 0.4) is 0 Å². The van der Waals surface area contributed by atoms with Crippen molar-refractivity contribution < 1.29 is 9.53 Å². The molecule has 0 aliphatic heterocycles. The highest BCUT2D eigenvalue weighted by atomic mass is 35.5. The smallest absolute Gasteiger partial charge is 0.269 e. The van der Waals surface area contributed by atoms with Crippen LogP contribution in [0.2, 0.25) is 5.02 Å². The van der Waals surface area contributed by atoms with Crippen LogP contribution >= 0.6 is 11.6 Å². The Balaban J connectivity index is 2.75. The second kappa shape index (κ2) is 7.18. The van der Waals surface area contributed by atoms with Gasteiger partial charge in [-0.3, -0.25) is 10.2 Å². The molecule has 0 aliphatic carbocycles. The van der Waals surface area contributed by atoms with Crippen molar-refractivity contribution in [1.29, 1.82) is 5.41 Å². The zero-order chi connectivity index (χ0) is 17.8. The molecular formula is C18H25ClN2O2. The lowest BCUT2D eigenvalue weighted by Gasteiger charge is -2.25. The molecule has 0 aromatic heterocycles. The van der Waals surface area contributed by atoms with Crippen molar-refractivity contribution in [2.45, 2.75) is 47.1 Å². The van der Waals surface area contributed by atoms with Crippen LogP contribution < -0.4 is 10.1 Å². The first kappa shape index (κ1) is 19.2. The molecule has 0 bridgehead atoms. The van der Waals surface area contributed by atoms with Crippen molar-refractivity contribution in [3.05, 3.63) is 40.9 Å². The van der Waals surface area contributed by atoms with E-state index in [0.717, 1.165) is 5.57 Å². The lowest BCUT2D eigenvalue weighted by Crippen LogP contribution is -2.48. The van der Waals surface area contributed by atoms with E-state index in [1.807, 2.05) is 6.92 Å². The lowest BCUT2D eigenvalue weighted by molar-refractivity contribution is -0.132. The second-order valence-corrected chi connectivity index (χ2v) is 7.45. The molecule has 0 unspecified atom stereocenters. The van der Waals surface area contributed by atoms with E-state index in [1.165, 1.54) is 0 Å². The fraction of sp³-hybridized carbons (Fsp3) is 0.444. The van der Waals surface area contributed by atoms with E-state index >= 15 is 0 Å². The third-order valence-corrected chi connectivity index (χ3v) is 3.78. The van der Waals surface area contributed by atoms with Crippen molar-refractivity contribution in [3.63, 3.8) is 0 Å². The number of carbonyl (C=O) groups excluding carboxylic acids is 1. The van der Waals surface area contributed by atoms with Crippen molar-refractivity contribution >= 4 is 23.3 Å². The SMILES string of the molecule is C/C(=C\C(=N)NC(=O)C(C)(C)Oc1ccc(Cl)cc1)C(C)(C)C. The molecule has 0 radical (unpaired) electrons. The van der Waals surface area contributed by atoms with Crippen LogP contribution in [-0.4, -0.2) is 17.3 Å². The number of hydrogen-bond acceptors (Lipinski definition) is 3. The van der Waals surface area contributed by atoms with Crippen LogP contribution in [0.1, 0.15) is 41.5 Å². The summed E-state index contributed by atoms with van der Waals surface area (Å²) in [6.07, 6.45) is 1.66. The van der Waals surface area contributed by atoms with E-state index in [9.17, 15) is 4.79 Å². The minimum atomic E-state index is -1.11. The molecule has 0 atom stereocenters. The summed E-state index contributed by atoms with van der Waals surface area (Å²) in [4.78, 5) is 12.3. The zero-order valence-corrected chi connectivity index (χ0v) is 15.3. The third-order valence-electron chi connectivity index (χ3n) is 3.53. The Bertz CT molecular complexity index is 611. The first-order chi connectivity index (χ1) is 10.4. The van der Waals surface area contributed by atoms with Gasteiger partial charge in [0, 0.05) is 5.02 Å². The van der Waals surface area contributed by atoms with Gasteiger partial charge in [-0.15, -0.1) is 0 Å². The maximum atomic E-state index is 12.3. The Morgan fingerprint density at radius 1 is 1.17 bits per heavy atom. The molecule has 1 aromatic carbocycles. The monoisotopic (exact) mass is 336 g/mol. The average Bonchev–Trinajstić information content (AvgIpc) is 2.39. The topological polar surface area (TPSA) is 62.2 Å². The van der Waals surface area contributed by atoms with Crippen molar-refractivity contribution in [2.24, 2.45) is 5.41 Å². The number of amides is 1. The minimum Gasteiger partial charge on any atom is -0.478 e. The first-order valence-corrected chi connectivity index (χ1v) is 7.83. The molecule has 0 spiro atoms. The largest absolute Gasteiger partial charge is 0.478 e. The van der Waals surface area contributed by atoms with E-state index in [0.29, 0.717) is 10.8 Å². The van der Waals surface area contributed by atoms with E-state index in [-0.39, 0.29) is 17.2 Å². The highest BCUT2D eigenvalue weighted by Gasteiger charge is 2.30. The predicted octanol–water partition coefficient (Wildman–Crippen LogP) is 4.58. The molecule has 1 aromatic rings. The number of ether oxygens (including phenoxy) is 1. The summed E-state index contributed by atoms with van der Waals surface area (Å²) >= 11 is 5.83. The number of halogens is 1. The van der Waals surface area contributed by atoms with Crippen LogP contribution in [0.15, 0.2) is 35.9 Å². The Hall–Kier alpha value is -1.81. The molecule has 0 fully saturated rings. The van der Waals surface area contributed by atoms with Crippen molar-refractivity contribution in [2.75, 3.05) is 0 Å². The molecule has 4 nitrogen and oxygen atoms in total. The summed E-state index contributed by atoms with van der Waals surface area (Å²) in [5.41, 5.74) is -0.144. The molecule has 5 heteroatoms. The van der Waals surface area contributed by atoms with Crippen LogP contribution in [0.4, 0.5) is 0 Å². The van der Waals surface area contributed by atoms with Gasteiger partial charge in [-0.2, -0.15) is 0 Å². The van der Waals surface area contributed by atoms with Crippen LogP contribution in [0.25, 0.3) is 0 Å². The van der Waals surface area contributed by atoms with Crippen LogP contribution in [0.5, 0.6) is 5.75 Å². The number of carbonyl (C=O) groups is 1. The standard InChI is InChI=1S/C18H25ClN2O2/c1-12(17(2,3)4)11-15(20)21-16(22)18(5,6)23-14-9-7-13(19)8-10-14/h7-11H,1-6H3,(H2,20,21,22)/b12-11+. The quantitative estimate of drug-likeness (QED) is 0.624. The molecule has 1 amide bonds. The van der Waals surface area contributed by atoms with Gasteiger partial charge in [0.05, 0.1) is 0 Å². The van der Waals surface area contributed by atoms with E-state index < -0.39 is 5.60 Å². The summed E-state index contributed by atoms with van der Waals surface area (Å²) < 4.78 is 5.70. The zero-order valence-electron chi connectivity index (χ0n) is 14.6. The number of allylic oxidation sites excluding steroid dienone is 1. The van der Waals surface area contributed by atoms with E-state index in [2.05, 4.69) is 26.1 Å². The van der Waals surface area contributed by atoms with E-state index in [1.54, 1.807) is 44.2 Å². The Labute approximate surface area is 143 Å². The Kier molecular flexibility index (Phi) is 6.00. The maximum Gasteiger partial charge on any atom is 0.269 e. The molecule has 0 saturated carbocycles. The van der Waals surface area contributed by atoms with Gasteiger partial charge in [-0.05, 0) is 56.5 Å². The summed E-state index contributed by atoms with van der Waals surface area (Å²) in [5, 5.41) is 11.1. The van der Waals surface area contributed by atoms with Gasteiger partial charge in [0.2, 0.25) is 0 Å². The summed E-state index contributed by atoms with van der Waals surface area (Å²) in [7, 11) is 0. The molecule has 2 N–H and O–H groups in total. The van der Waals surface area contributed by atoms with Crippen molar-refractivity contribution in [3.8, 4) is 5.75 Å². The summed E-state index contributed by atoms with van der Waals surface area (Å²) in [6.45, 7) is 11.4. The summed E-state index contributed by atoms with van der Waals surface area (Å²) in [5.74, 6) is 0.216. The van der Waals surface area contributed by atoms with Crippen LogP contribution in [-0.2, 0) is 4.79 Å². The molecular weight excluding hydrogens is 312 g/mol. The van der Waals surface area contributed by atoms with Crippen LogP contribution in [0, 0.1) is 10.8 Å². The molecule has 1 rings (SSSR count). The van der Waals surface area contributed by atoms with Gasteiger partial charge in [-0.1, -0.05) is 37.9 Å². The highest BCUT2D eigenvalue weighted by Crippen LogP contribution is 2.24. The minimum absolute atomic E-state index is 0.0493. The third kappa shape index (κ3) is 6.06. The number of rotatable bonds is 4. The molecule has 23 heavy (non-hydrogen) atoms. The fourth-order valence-corrected chi connectivity index (χ4v) is 1.71. The summed E-state index contributed by atoms with van der Waals surface area (Å²) in [6, 6.07) is 6.80. The van der Waals surface area contributed by atoms with Gasteiger partial charge in [-0.25, -0.2) is 0 Å². The van der Waals surface area contributed by atoms with Gasteiger partial charge in [0.25, 0.3) is 5.91 Å². The number of benzene rings is 1.